The molecule has 0 spiro atoms. The van der Waals surface area contributed by atoms with Gasteiger partial charge in [0.1, 0.15) is 0 Å². The molecule has 4 heteroatoms. The van der Waals surface area contributed by atoms with Gasteiger partial charge in [-0.25, -0.2) is 0 Å². The van der Waals surface area contributed by atoms with E-state index in [0.29, 0.717) is 0 Å². The maximum absolute atomic E-state index is 6.37. The van der Waals surface area contributed by atoms with Gasteiger partial charge in [0.25, 0.3) is 0 Å². The first-order valence-corrected chi connectivity index (χ1v) is 8.52. The van der Waals surface area contributed by atoms with Crippen molar-refractivity contribution in [2.45, 2.75) is 19.4 Å². The minimum Gasteiger partial charge on any atom is -0.306 e. The van der Waals surface area contributed by atoms with Crippen LogP contribution in [0.2, 0.25) is 5.02 Å². The molecule has 2 aromatic carbocycles. The van der Waals surface area contributed by atoms with E-state index in [9.17, 15) is 0 Å². The molecule has 0 heterocycles. The van der Waals surface area contributed by atoms with Gasteiger partial charge in [0.2, 0.25) is 0 Å². The van der Waals surface area contributed by atoms with Crippen LogP contribution in [0.15, 0.2) is 51.4 Å². The second-order valence-electron chi connectivity index (χ2n) is 4.57. The van der Waals surface area contributed by atoms with E-state index >= 15 is 0 Å². The molecule has 0 radical (unpaired) electrons. The SMILES string of the molecule is CCCNC(c1ccccc1Cl)c1cc(Br)ccc1Br. The Balaban J connectivity index is 2.47. The summed E-state index contributed by atoms with van der Waals surface area (Å²) in [6.07, 6.45) is 1.08. The molecule has 0 aliphatic heterocycles. The van der Waals surface area contributed by atoms with E-state index in [1.54, 1.807) is 0 Å². The van der Waals surface area contributed by atoms with Gasteiger partial charge in [-0.1, -0.05) is 68.6 Å². The van der Waals surface area contributed by atoms with E-state index in [4.69, 9.17) is 11.6 Å². The first-order valence-electron chi connectivity index (χ1n) is 6.56. The molecule has 1 N–H and O–H groups in total. The minimum absolute atomic E-state index is 0.0792. The average Bonchev–Trinajstić information content (AvgIpc) is 2.44. The van der Waals surface area contributed by atoms with E-state index in [1.165, 1.54) is 5.56 Å². The van der Waals surface area contributed by atoms with Crippen LogP contribution in [-0.2, 0) is 0 Å². The second kappa shape index (κ2) is 7.60. The quantitative estimate of drug-likeness (QED) is 0.633. The third-order valence-electron chi connectivity index (χ3n) is 3.08. The Morgan fingerprint density at radius 2 is 1.85 bits per heavy atom. The summed E-state index contributed by atoms with van der Waals surface area (Å²) >= 11 is 13.6. The van der Waals surface area contributed by atoms with E-state index in [-0.39, 0.29) is 6.04 Å². The summed E-state index contributed by atoms with van der Waals surface area (Å²) in [6.45, 7) is 3.10. The Kier molecular flexibility index (Phi) is 6.09. The molecule has 1 unspecified atom stereocenters. The molecule has 1 nitrogen and oxygen atoms in total. The van der Waals surface area contributed by atoms with Crippen molar-refractivity contribution in [1.29, 1.82) is 0 Å². The fourth-order valence-electron chi connectivity index (χ4n) is 2.12. The molecule has 0 saturated heterocycles. The lowest BCUT2D eigenvalue weighted by Gasteiger charge is -2.22. The third-order valence-corrected chi connectivity index (χ3v) is 4.64. The zero-order valence-corrected chi connectivity index (χ0v) is 15.1. The van der Waals surface area contributed by atoms with Crippen LogP contribution in [0.3, 0.4) is 0 Å². The van der Waals surface area contributed by atoms with E-state index < -0.39 is 0 Å². The predicted octanol–water partition coefficient (Wildman–Crippen LogP) is 5.95. The highest BCUT2D eigenvalue weighted by atomic mass is 79.9. The molecule has 0 aromatic heterocycles. The first-order chi connectivity index (χ1) is 9.63. The van der Waals surface area contributed by atoms with Crippen molar-refractivity contribution in [3.63, 3.8) is 0 Å². The first kappa shape index (κ1) is 16.0. The van der Waals surface area contributed by atoms with Crippen molar-refractivity contribution < 1.29 is 0 Å². The number of halogens is 3. The van der Waals surface area contributed by atoms with Gasteiger partial charge in [0, 0.05) is 14.0 Å². The molecule has 1 atom stereocenters. The van der Waals surface area contributed by atoms with Crippen molar-refractivity contribution in [3.05, 3.63) is 67.6 Å². The van der Waals surface area contributed by atoms with Crippen LogP contribution in [0.4, 0.5) is 0 Å². The highest BCUT2D eigenvalue weighted by Gasteiger charge is 2.18. The molecule has 0 bridgehead atoms. The Morgan fingerprint density at radius 1 is 1.10 bits per heavy atom. The van der Waals surface area contributed by atoms with Crippen LogP contribution in [0.1, 0.15) is 30.5 Å². The highest BCUT2D eigenvalue weighted by Crippen LogP contribution is 2.34. The van der Waals surface area contributed by atoms with Crippen molar-refractivity contribution >= 4 is 43.5 Å². The van der Waals surface area contributed by atoms with Gasteiger partial charge < -0.3 is 5.32 Å². The molecular weight excluding hydrogens is 401 g/mol. The van der Waals surface area contributed by atoms with Crippen LogP contribution < -0.4 is 5.32 Å². The van der Waals surface area contributed by atoms with Gasteiger partial charge in [-0.15, -0.1) is 0 Å². The molecule has 0 saturated carbocycles. The Bertz CT molecular complexity index is 586. The summed E-state index contributed by atoms with van der Waals surface area (Å²) in [5, 5.41) is 4.36. The Labute approximate surface area is 142 Å². The second-order valence-corrected chi connectivity index (χ2v) is 6.75. The lowest BCUT2D eigenvalue weighted by molar-refractivity contribution is 0.597. The van der Waals surface area contributed by atoms with Crippen molar-refractivity contribution in [2.75, 3.05) is 6.54 Å². The predicted molar refractivity (Wildman–Crippen MR) is 93.4 cm³/mol. The molecule has 0 aliphatic rings. The average molecular weight is 418 g/mol. The molecule has 106 valence electrons. The minimum atomic E-state index is 0.0792. The van der Waals surface area contributed by atoms with Crippen LogP contribution >= 0.6 is 43.5 Å². The summed E-state index contributed by atoms with van der Waals surface area (Å²) < 4.78 is 2.14. The normalized spacial score (nSPS) is 12.4. The molecule has 2 rings (SSSR count). The molecule has 2 aromatic rings. The fraction of sp³-hybridized carbons (Fsp3) is 0.250. The van der Waals surface area contributed by atoms with Crippen LogP contribution in [0, 0.1) is 0 Å². The van der Waals surface area contributed by atoms with Gasteiger partial charge in [0.05, 0.1) is 6.04 Å². The number of benzene rings is 2. The van der Waals surface area contributed by atoms with Gasteiger partial charge >= 0.3 is 0 Å². The summed E-state index contributed by atoms with van der Waals surface area (Å²) in [5.41, 5.74) is 2.28. The molecule has 0 aliphatic carbocycles. The fourth-order valence-corrected chi connectivity index (χ4v) is 3.22. The molecule has 0 fully saturated rings. The van der Waals surface area contributed by atoms with Gasteiger partial charge in [-0.2, -0.15) is 0 Å². The number of nitrogens with one attached hydrogen (secondary N) is 1. The third kappa shape index (κ3) is 3.85. The molecular formula is C16H16Br2ClN. The lowest BCUT2D eigenvalue weighted by atomic mass is 9.98. The largest absolute Gasteiger partial charge is 0.306 e. The van der Waals surface area contributed by atoms with Crippen molar-refractivity contribution in [1.82, 2.24) is 5.32 Å². The zero-order chi connectivity index (χ0) is 14.5. The van der Waals surface area contributed by atoms with Crippen LogP contribution in [0.5, 0.6) is 0 Å². The van der Waals surface area contributed by atoms with E-state index in [2.05, 4.69) is 62.3 Å². The topological polar surface area (TPSA) is 12.0 Å². The Morgan fingerprint density at radius 3 is 2.55 bits per heavy atom. The van der Waals surface area contributed by atoms with Crippen molar-refractivity contribution in [3.8, 4) is 0 Å². The highest BCUT2D eigenvalue weighted by molar-refractivity contribution is 9.11. The summed E-state index contributed by atoms with van der Waals surface area (Å²) in [4.78, 5) is 0. The van der Waals surface area contributed by atoms with E-state index in [1.807, 2.05) is 24.3 Å². The molecule has 20 heavy (non-hydrogen) atoms. The van der Waals surface area contributed by atoms with Crippen LogP contribution in [-0.4, -0.2) is 6.54 Å². The summed E-state index contributed by atoms with van der Waals surface area (Å²) in [6, 6.07) is 14.3. The van der Waals surface area contributed by atoms with Gasteiger partial charge in [0.15, 0.2) is 0 Å². The standard InChI is InChI=1S/C16H16Br2ClN/c1-2-9-20-16(12-5-3-4-6-15(12)19)13-10-11(17)7-8-14(13)18/h3-8,10,16,20H,2,9H2,1H3. The summed E-state index contributed by atoms with van der Waals surface area (Å²) in [5.74, 6) is 0. The van der Waals surface area contributed by atoms with Gasteiger partial charge in [-0.3, -0.25) is 0 Å². The van der Waals surface area contributed by atoms with Crippen molar-refractivity contribution in [2.24, 2.45) is 0 Å². The maximum atomic E-state index is 6.37. The van der Waals surface area contributed by atoms with E-state index in [0.717, 1.165) is 32.5 Å². The maximum Gasteiger partial charge on any atom is 0.0603 e. The van der Waals surface area contributed by atoms with Gasteiger partial charge in [-0.05, 0) is 48.4 Å². The molecule has 0 amide bonds. The van der Waals surface area contributed by atoms with Crippen LogP contribution in [0.25, 0.3) is 0 Å². The lowest BCUT2D eigenvalue weighted by Crippen LogP contribution is -2.23. The number of hydrogen-bond acceptors (Lipinski definition) is 1. The Hall–Kier alpha value is -0.350. The monoisotopic (exact) mass is 415 g/mol. The summed E-state index contributed by atoms with van der Waals surface area (Å²) in [7, 11) is 0. The number of hydrogen-bond donors (Lipinski definition) is 1. The zero-order valence-electron chi connectivity index (χ0n) is 11.2. The number of rotatable bonds is 5. The smallest absolute Gasteiger partial charge is 0.0603 e.